The lowest BCUT2D eigenvalue weighted by Gasteiger charge is -2.15. The molecule has 0 bridgehead atoms. The Morgan fingerprint density at radius 3 is 2.06 bits per heavy atom. The highest BCUT2D eigenvalue weighted by Gasteiger charge is 2.20. The summed E-state index contributed by atoms with van der Waals surface area (Å²) in [5, 5.41) is 6.81. The first-order valence-electron chi connectivity index (χ1n) is 10.6. The Morgan fingerprint density at radius 2 is 1.40 bits per heavy atom. The number of rotatable bonds is 9. The van der Waals surface area contributed by atoms with Crippen LogP contribution in [-0.4, -0.2) is 46.5 Å². The molecule has 0 unspecified atom stereocenters. The van der Waals surface area contributed by atoms with Gasteiger partial charge in [0.15, 0.2) is 23.0 Å². The second-order valence-electron chi connectivity index (χ2n) is 7.33. The average Bonchev–Trinajstić information content (AvgIpc) is 2.88. The van der Waals surface area contributed by atoms with Crippen LogP contribution in [0.15, 0.2) is 59.7 Å². The summed E-state index contributed by atoms with van der Waals surface area (Å²) in [5.41, 5.74) is 5.03. The fraction of sp³-hybridized carbons (Fsp3) is 0.192. The second kappa shape index (κ2) is 11.6. The number of amides is 2. The molecule has 0 spiro atoms. The van der Waals surface area contributed by atoms with Gasteiger partial charge in [0.2, 0.25) is 0 Å². The molecule has 9 nitrogen and oxygen atoms in total. The van der Waals surface area contributed by atoms with Crippen LogP contribution in [0.3, 0.4) is 0 Å². The summed E-state index contributed by atoms with van der Waals surface area (Å²) in [7, 11) is 5.91. The molecule has 0 saturated carbocycles. The summed E-state index contributed by atoms with van der Waals surface area (Å²) in [6, 6.07) is 15.4. The summed E-state index contributed by atoms with van der Waals surface area (Å²) in [6.07, 6.45) is 1.55. The molecule has 3 aromatic carbocycles. The van der Waals surface area contributed by atoms with Gasteiger partial charge in [-0.2, -0.15) is 5.10 Å². The van der Waals surface area contributed by atoms with Crippen molar-refractivity contribution in [2.24, 2.45) is 5.10 Å². The van der Waals surface area contributed by atoms with Crippen molar-refractivity contribution in [1.82, 2.24) is 5.43 Å². The van der Waals surface area contributed by atoms with Crippen LogP contribution in [0.5, 0.6) is 23.0 Å². The molecule has 0 aliphatic carbocycles. The van der Waals surface area contributed by atoms with Gasteiger partial charge in [0.25, 0.3) is 11.8 Å². The van der Waals surface area contributed by atoms with Gasteiger partial charge in [-0.05, 0) is 42.3 Å². The lowest BCUT2D eigenvalue weighted by molar-refractivity contribution is 0.0955. The van der Waals surface area contributed by atoms with Crippen LogP contribution in [0.25, 0.3) is 0 Å². The van der Waals surface area contributed by atoms with Gasteiger partial charge < -0.3 is 24.3 Å². The van der Waals surface area contributed by atoms with E-state index in [0.29, 0.717) is 28.6 Å². The number of hydrogen-bond donors (Lipinski definition) is 2. The molecule has 2 N–H and O–H groups in total. The molecule has 0 aromatic heterocycles. The number of nitrogens with one attached hydrogen (secondary N) is 2. The SMILES string of the molecule is COc1ccc(C(=O)Nc2cc(OC)c(OC)cc2C(=O)NN=Cc2ccccc2C)cc1OC. The maximum atomic E-state index is 13.0. The Labute approximate surface area is 203 Å². The van der Waals surface area contributed by atoms with Crippen LogP contribution in [-0.2, 0) is 0 Å². The zero-order chi connectivity index (χ0) is 25.4. The molecule has 0 saturated heterocycles. The van der Waals surface area contributed by atoms with Gasteiger partial charge in [0, 0.05) is 11.6 Å². The Bertz CT molecular complexity index is 1260. The number of hydrazone groups is 1. The third-order valence-electron chi connectivity index (χ3n) is 5.22. The molecular formula is C26H27N3O6. The largest absolute Gasteiger partial charge is 0.493 e. The monoisotopic (exact) mass is 477 g/mol. The normalized spacial score (nSPS) is 10.5. The first-order valence-corrected chi connectivity index (χ1v) is 10.6. The highest BCUT2D eigenvalue weighted by atomic mass is 16.5. The van der Waals surface area contributed by atoms with Gasteiger partial charge in [-0.15, -0.1) is 0 Å². The molecule has 3 rings (SSSR count). The molecule has 2 amide bonds. The van der Waals surface area contributed by atoms with Crippen LogP contribution in [0, 0.1) is 6.92 Å². The van der Waals surface area contributed by atoms with Gasteiger partial charge in [-0.3, -0.25) is 9.59 Å². The molecule has 182 valence electrons. The third kappa shape index (κ3) is 5.89. The number of carbonyl (C=O) groups is 2. The number of ether oxygens (including phenoxy) is 4. The van der Waals surface area contributed by atoms with Gasteiger partial charge in [-0.1, -0.05) is 24.3 Å². The van der Waals surface area contributed by atoms with Crippen LogP contribution in [0.2, 0.25) is 0 Å². The number of nitrogens with zero attached hydrogens (tertiary/aromatic N) is 1. The van der Waals surface area contributed by atoms with E-state index in [4.69, 9.17) is 18.9 Å². The lowest BCUT2D eigenvalue weighted by Crippen LogP contribution is -2.22. The Balaban J connectivity index is 1.91. The predicted octanol–water partition coefficient (Wildman–Crippen LogP) is 4.05. The molecule has 35 heavy (non-hydrogen) atoms. The number of benzene rings is 3. The van der Waals surface area contributed by atoms with E-state index in [1.54, 1.807) is 24.4 Å². The van der Waals surface area contributed by atoms with E-state index >= 15 is 0 Å². The second-order valence-corrected chi connectivity index (χ2v) is 7.33. The minimum atomic E-state index is -0.543. The topological polar surface area (TPSA) is 107 Å². The van der Waals surface area contributed by atoms with Crippen molar-refractivity contribution in [2.45, 2.75) is 6.92 Å². The van der Waals surface area contributed by atoms with E-state index in [1.165, 1.54) is 40.6 Å². The van der Waals surface area contributed by atoms with Gasteiger partial charge in [-0.25, -0.2) is 5.43 Å². The van der Waals surface area contributed by atoms with E-state index in [9.17, 15) is 9.59 Å². The Kier molecular flexibility index (Phi) is 8.29. The van der Waals surface area contributed by atoms with Crippen LogP contribution in [0.4, 0.5) is 5.69 Å². The van der Waals surface area contributed by atoms with E-state index < -0.39 is 11.8 Å². The number of carbonyl (C=O) groups excluding carboxylic acids is 2. The molecule has 3 aromatic rings. The summed E-state index contributed by atoms with van der Waals surface area (Å²) in [5.74, 6) is 0.548. The van der Waals surface area contributed by atoms with Crippen molar-refractivity contribution >= 4 is 23.7 Å². The van der Waals surface area contributed by atoms with Crippen molar-refractivity contribution in [1.29, 1.82) is 0 Å². The van der Waals surface area contributed by atoms with Gasteiger partial charge >= 0.3 is 0 Å². The quantitative estimate of drug-likeness (QED) is 0.356. The first-order chi connectivity index (χ1) is 16.9. The number of aryl methyl sites for hydroxylation is 1. The number of anilines is 1. The molecule has 0 fully saturated rings. The highest BCUT2D eigenvalue weighted by molar-refractivity contribution is 6.09. The van der Waals surface area contributed by atoms with Crippen molar-refractivity contribution in [3.63, 3.8) is 0 Å². The molecule has 0 radical (unpaired) electrons. The van der Waals surface area contributed by atoms with Crippen LogP contribution in [0.1, 0.15) is 31.8 Å². The van der Waals surface area contributed by atoms with Crippen molar-refractivity contribution in [3.05, 3.63) is 76.9 Å². The zero-order valence-electron chi connectivity index (χ0n) is 20.2. The van der Waals surface area contributed by atoms with Crippen molar-refractivity contribution in [2.75, 3.05) is 33.8 Å². The fourth-order valence-corrected chi connectivity index (χ4v) is 3.29. The van der Waals surface area contributed by atoms with Crippen LogP contribution < -0.4 is 29.7 Å². The van der Waals surface area contributed by atoms with Crippen molar-refractivity contribution in [3.8, 4) is 23.0 Å². The molecular weight excluding hydrogens is 450 g/mol. The lowest BCUT2D eigenvalue weighted by atomic mass is 10.1. The minimum absolute atomic E-state index is 0.137. The Hall–Kier alpha value is -4.53. The first kappa shape index (κ1) is 25.1. The average molecular weight is 478 g/mol. The summed E-state index contributed by atoms with van der Waals surface area (Å²) in [4.78, 5) is 26.0. The molecule has 0 aliphatic rings. The predicted molar refractivity (Wildman–Crippen MR) is 133 cm³/mol. The van der Waals surface area contributed by atoms with Gasteiger partial charge in [0.1, 0.15) is 0 Å². The zero-order valence-corrected chi connectivity index (χ0v) is 20.2. The Morgan fingerprint density at radius 1 is 0.771 bits per heavy atom. The van der Waals surface area contributed by atoms with E-state index in [-0.39, 0.29) is 11.3 Å². The third-order valence-corrected chi connectivity index (χ3v) is 5.22. The minimum Gasteiger partial charge on any atom is -0.493 e. The van der Waals surface area contributed by atoms with Crippen molar-refractivity contribution < 1.29 is 28.5 Å². The number of methoxy groups -OCH3 is 4. The maximum Gasteiger partial charge on any atom is 0.273 e. The molecule has 0 atom stereocenters. The van der Waals surface area contributed by atoms with Crippen LogP contribution >= 0.6 is 0 Å². The highest BCUT2D eigenvalue weighted by Crippen LogP contribution is 2.34. The van der Waals surface area contributed by atoms with E-state index in [2.05, 4.69) is 15.8 Å². The standard InChI is InChI=1S/C26H27N3O6/c1-16-8-6-7-9-18(16)15-27-29-26(31)19-13-23(34-4)24(35-5)14-20(19)28-25(30)17-10-11-21(32-2)22(12-17)33-3/h6-15H,1-5H3,(H,28,30)(H,29,31). The summed E-state index contributed by atoms with van der Waals surface area (Å²) < 4.78 is 21.2. The smallest absolute Gasteiger partial charge is 0.273 e. The maximum absolute atomic E-state index is 13.0. The van der Waals surface area contributed by atoms with E-state index in [1.807, 2.05) is 31.2 Å². The van der Waals surface area contributed by atoms with E-state index in [0.717, 1.165) is 11.1 Å². The molecule has 0 aliphatic heterocycles. The number of hydrogen-bond acceptors (Lipinski definition) is 7. The van der Waals surface area contributed by atoms with Gasteiger partial charge in [0.05, 0.1) is 45.9 Å². The summed E-state index contributed by atoms with van der Waals surface area (Å²) >= 11 is 0. The molecule has 0 heterocycles. The fourth-order valence-electron chi connectivity index (χ4n) is 3.29. The molecule has 9 heteroatoms. The summed E-state index contributed by atoms with van der Waals surface area (Å²) in [6.45, 7) is 1.94.